The van der Waals surface area contributed by atoms with Crippen LogP contribution in [0.25, 0.3) is 5.69 Å². The molecule has 0 aliphatic rings. The van der Waals surface area contributed by atoms with Crippen molar-refractivity contribution in [3.8, 4) is 5.69 Å². The van der Waals surface area contributed by atoms with Crippen LogP contribution in [-0.2, 0) is 0 Å². The third-order valence-electron chi connectivity index (χ3n) is 1.32. The number of aromatic nitrogens is 2. The molecule has 4 heteroatoms. The molecular weight excluding hydrogens is 224 g/mol. The zero-order chi connectivity index (χ0) is 7.68. The first-order valence-electron chi connectivity index (χ1n) is 3.09. The maximum Gasteiger partial charge on any atom is 0.0752 e. The molecule has 0 spiro atoms. The molecule has 0 amide bonds. The number of nitrogens with zero attached hydrogens (tertiary/aromatic N) is 2. The Hall–Kier alpha value is -0.610. The number of halogens is 1. The van der Waals surface area contributed by atoms with E-state index < -0.39 is 0 Å². The van der Waals surface area contributed by atoms with Crippen molar-refractivity contribution in [1.29, 1.82) is 0 Å². The molecule has 0 atom stereocenters. The second-order valence-electron chi connectivity index (χ2n) is 2.08. The van der Waals surface area contributed by atoms with E-state index in [-0.39, 0.29) is 0 Å². The third kappa shape index (κ3) is 1.36. The summed E-state index contributed by atoms with van der Waals surface area (Å²) in [7, 11) is 0. The largest absolute Gasteiger partial charge is 0.239 e. The Labute approximate surface area is 76.6 Å². The van der Waals surface area contributed by atoms with Gasteiger partial charge in [-0.3, -0.25) is 0 Å². The lowest BCUT2D eigenvalue weighted by atomic mass is 10.5. The van der Waals surface area contributed by atoms with Gasteiger partial charge in [0, 0.05) is 11.6 Å². The lowest BCUT2D eigenvalue weighted by Gasteiger charge is -1.92. The summed E-state index contributed by atoms with van der Waals surface area (Å²) < 4.78 is 2.84. The highest BCUT2D eigenvalue weighted by molar-refractivity contribution is 9.10. The zero-order valence-corrected chi connectivity index (χ0v) is 7.97. The SMILES string of the molecule is Brc1cnn(-c2ccsc2)c1. The summed E-state index contributed by atoms with van der Waals surface area (Å²) >= 11 is 5.01. The Kier molecular flexibility index (Phi) is 1.79. The topological polar surface area (TPSA) is 17.8 Å². The van der Waals surface area contributed by atoms with Crippen LogP contribution in [0.2, 0.25) is 0 Å². The van der Waals surface area contributed by atoms with Crippen molar-refractivity contribution >= 4 is 27.3 Å². The van der Waals surface area contributed by atoms with Crippen LogP contribution in [0.15, 0.2) is 33.7 Å². The summed E-state index contributed by atoms with van der Waals surface area (Å²) in [6, 6.07) is 2.03. The molecule has 0 aromatic carbocycles. The van der Waals surface area contributed by atoms with Crippen LogP contribution >= 0.6 is 27.3 Å². The second-order valence-corrected chi connectivity index (χ2v) is 3.78. The van der Waals surface area contributed by atoms with E-state index in [4.69, 9.17) is 0 Å². The molecule has 0 saturated carbocycles. The van der Waals surface area contributed by atoms with Crippen LogP contribution in [-0.4, -0.2) is 9.78 Å². The van der Waals surface area contributed by atoms with Gasteiger partial charge in [-0.1, -0.05) is 0 Å². The average molecular weight is 229 g/mol. The third-order valence-corrected chi connectivity index (χ3v) is 2.40. The van der Waals surface area contributed by atoms with E-state index in [2.05, 4.69) is 26.4 Å². The van der Waals surface area contributed by atoms with Crippen LogP contribution in [0.3, 0.4) is 0 Å². The van der Waals surface area contributed by atoms with E-state index in [9.17, 15) is 0 Å². The highest BCUT2D eigenvalue weighted by atomic mass is 79.9. The number of hydrogen-bond acceptors (Lipinski definition) is 2. The lowest BCUT2D eigenvalue weighted by Crippen LogP contribution is -1.89. The zero-order valence-electron chi connectivity index (χ0n) is 5.57. The molecule has 0 unspecified atom stereocenters. The van der Waals surface area contributed by atoms with Gasteiger partial charge in [0.25, 0.3) is 0 Å². The molecule has 0 fully saturated rings. The van der Waals surface area contributed by atoms with Gasteiger partial charge in [-0.25, -0.2) is 4.68 Å². The minimum absolute atomic E-state index is 1.00. The maximum atomic E-state index is 4.13. The summed E-state index contributed by atoms with van der Waals surface area (Å²) in [5.41, 5.74) is 1.11. The molecule has 0 bridgehead atoms. The van der Waals surface area contributed by atoms with Crippen molar-refractivity contribution in [1.82, 2.24) is 9.78 Å². The molecule has 56 valence electrons. The average Bonchev–Trinajstić information content (AvgIpc) is 2.55. The van der Waals surface area contributed by atoms with Crippen LogP contribution in [0.1, 0.15) is 0 Å². The van der Waals surface area contributed by atoms with Crippen molar-refractivity contribution in [2.24, 2.45) is 0 Å². The summed E-state index contributed by atoms with van der Waals surface area (Å²) in [5, 5.41) is 8.22. The molecular formula is C7H5BrN2S. The molecule has 0 saturated heterocycles. The summed E-state index contributed by atoms with van der Waals surface area (Å²) in [5.74, 6) is 0. The highest BCUT2D eigenvalue weighted by Gasteiger charge is 1.96. The lowest BCUT2D eigenvalue weighted by molar-refractivity contribution is 0.884. The van der Waals surface area contributed by atoms with Gasteiger partial charge in [-0.05, 0) is 27.4 Å². The first-order valence-corrected chi connectivity index (χ1v) is 4.82. The molecule has 11 heavy (non-hydrogen) atoms. The molecule has 2 heterocycles. The first kappa shape index (κ1) is 7.06. The summed E-state index contributed by atoms with van der Waals surface area (Å²) in [6.07, 6.45) is 3.71. The van der Waals surface area contributed by atoms with Crippen molar-refractivity contribution in [2.45, 2.75) is 0 Å². The highest BCUT2D eigenvalue weighted by Crippen LogP contribution is 2.14. The first-order chi connectivity index (χ1) is 5.36. The van der Waals surface area contributed by atoms with Crippen molar-refractivity contribution in [3.63, 3.8) is 0 Å². The fourth-order valence-corrected chi connectivity index (χ4v) is 1.74. The van der Waals surface area contributed by atoms with Gasteiger partial charge >= 0.3 is 0 Å². The number of hydrogen-bond donors (Lipinski definition) is 0. The van der Waals surface area contributed by atoms with E-state index in [0.717, 1.165) is 10.2 Å². The van der Waals surface area contributed by atoms with Crippen molar-refractivity contribution in [3.05, 3.63) is 33.7 Å². The molecule has 0 N–H and O–H groups in total. The smallest absolute Gasteiger partial charge is 0.0752 e. The Balaban J connectivity index is 2.45. The number of rotatable bonds is 1. The van der Waals surface area contributed by atoms with Crippen molar-refractivity contribution < 1.29 is 0 Å². The summed E-state index contributed by atoms with van der Waals surface area (Å²) in [6.45, 7) is 0. The van der Waals surface area contributed by atoms with Gasteiger partial charge in [0.15, 0.2) is 0 Å². The fourth-order valence-electron chi connectivity index (χ4n) is 0.830. The predicted octanol–water partition coefficient (Wildman–Crippen LogP) is 2.70. The van der Waals surface area contributed by atoms with Gasteiger partial charge < -0.3 is 0 Å². The monoisotopic (exact) mass is 228 g/mol. The fraction of sp³-hybridized carbons (Fsp3) is 0. The Morgan fingerprint density at radius 3 is 3.00 bits per heavy atom. The molecule has 0 radical (unpaired) electrons. The Morgan fingerprint density at radius 2 is 2.45 bits per heavy atom. The Bertz CT molecular complexity index is 339. The maximum absolute atomic E-state index is 4.13. The second kappa shape index (κ2) is 2.79. The minimum Gasteiger partial charge on any atom is -0.239 e. The molecule has 2 rings (SSSR count). The predicted molar refractivity (Wildman–Crippen MR) is 49.1 cm³/mol. The van der Waals surface area contributed by atoms with E-state index in [1.165, 1.54) is 0 Å². The molecule has 0 aliphatic heterocycles. The van der Waals surface area contributed by atoms with E-state index in [1.54, 1.807) is 17.5 Å². The quantitative estimate of drug-likeness (QED) is 0.735. The van der Waals surface area contributed by atoms with E-state index in [0.29, 0.717) is 0 Å². The van der Waals surface area contributed by atoms with Gasteiger partial charge in [-0.15, -0.1) is 0 Å². The van der Waals surface area contributed by atoms with Gasteiger partial charge in [0.1, 0.15) is 0 Å². The van der Waals surface area contributed by atoms with E-state index in [1.807, 2.05) is 22.3 Å². The molecule has 2 nitrogen and oxygen atoms in total. The van der Waals surface area contributed by atoms with Crippen LogP contribution < -0.4 is 0 Å². The molecule has 2 aromatic heterocycles. The minimum atomic E-state index is 1.00. The molecule has 2 aromatic rings. The Morgan fingerprint density at radius 1 is 1.55 bits per heavy atom. The van der Waals surface area contributed by atoms with Crippen LogP contribution in [0.5, 0.6) is 0 Å². The normalized spacial score (nSPS) is 10.3. The standard InChI is InChI=1S/C7H5BrN2S/c8-6-3-9-10(4-6)7-1-2-11-5-7/h1-5H. The van der Waals surface area contributed by atoms with Gasteiger partial charge in [0.05, 0.1) is 16.4 Å². The molecule has 0 aliphatic carbocycles. The summed E-state index contributed by atoms with van der Waals surface area (Å²) in [4.78, 5) is 0. The number of thiophene rings is 1. The van der Waals surface area contributed by atoms with Crippen LogP contribution in [0.4, 0.5) is 0 Å². The van der Waals surface area contributed by atoms with Gasteiger partial charge in [0.2, 0.25) is 0 Å². The van der Waals surface area contributed by atoms with E-state index >= 15 is 0 Å². The van der Waals surface area contributed by atoms with Gasteiger partial charge in [-0.2, -0.15) is 16.4 Å². The van der Waals surface area contributed by atoms with Crippen LogP contribution in [0, 0.1) is 0 Å². The van der Waals surface area contributed by atoms with Crippen molar-refractivity contribution in [2.75, 3.05) is 0 Å².